The first-order valence-corrected chi connectivity index (χ1v) is 17.2. The number of nitrogens with zero attached hydrogens (tertiary/aromatic N) is 2. The van der Waals surface area contributed by atoms with E-state index in [1.54, 1.807) is 17.8 Å². The molecule has 40 heavy (non-hydrogen) atoms. The third kappa shape index (κ3) is 8.24. The van der Waals surface area contributed by atoms with Gasteiger partial charge in [0.25, 0.3) is 5.91 Å². The summed E-state index contributed by atoms with van der Waals surface area (Å²) in [4.78, 5) is 28.3. The Balaban J connectivity index is 1.69. The van der Waals surface area contributed by atoms with Gasteiger partial charge in [0.1, 0.15) is 4.32 Å². The summed E-state index contributed by atoms with van der Waals surface area (Å²) in [6, 6.07) is 8.46. The number of carbonyl (C=O) groups excluding carboxylic acids is 1. The van der Waals surface area contributed by atoms with Gasteiger partial charge in [-0.2, -0.15) is 0 Å². The van der Waals surface area contributed by atoms with Crippen LogP contribution in [0.5, 0.6) is 0 Å². The van der Waals surface area contributed by atoms with Crippen LogP contribution in [0.1, 0.15) is 60.8 Å². The molecule has 0 spiro atoms. The molecule has 2 heterocycles. The molecule has 1 amide bonds. The molecule has 2 aliphatic heterocycles. The highest BCUT2D eigenvalue weighted by atomic mass is 32.2. The number of hydrogen-bond acceptors (Lipinski definition) is 7. The molecule has 6 nitrogen and oxygen atoms in total. The van der Waals surface area contributed by atoms with Crippen molar-refractivity contribution in [3.8, 4) is 0 Å². The average molecular weight is 621 g/mol. The van der Waals surface area contributed by atoms with Crippen molar-refractivity contribution in [3.05, 3.63) is 70.7 Å². The number of fused-ring (bicyclic) bond motifs is 1. The summed E-state index contributed by atoms with van der Waals surface area (Å²) in [7, 11) is -3.15. The highest BCUT2D eigenvalue weighted by molar-refractivity contribution is 8.26. The largest absolute Gasteiger partial charge is 0.332 e. The van der Waals surface area contributed by atoms with Crippen molar-refractivity contribution in [2.45, 2.75) is 83.9 Å². The number of benzene rings is 1. The van der Waals surface area contributed by atoms with E-state index in [9.17, 15) is 14.3 Å². The summed E-state index contributed by atoms with van der Waals surface area (Å²) in [5, 5.41) is 1.20. The maximum absolute atomic E-state index is 13.2. The first kappa shape index (κ1) is 32.9. The van der Waals surface area contributed by atoms with Gasteiger partial charge in [0.05, 0.1) is 27.8 Å². The first-order chi connectivity index (χ1) is 19.1. The van der Waals surface area contributed by atoms with Gasteiger partial charge in [-0.1, -0.05) is 113 Å². The van der Waals surface area contributed by atoms with Gasteiger partial charge in [-0.25, -0.2) is 0 Å². The number of thiocarbonyl (C=S) groups is 1. The van der Waals surface area contributed by atoms with E-state index in [0.29, 0.717) is 27.6 Å². The Hall–Kier alpha value is -1.61. The Morgan fingerprint density at radius 1 is 0.975 bits per heavy atom. The van der Waals surface area contributed by atoms with Gasteiger partial charge in [-0.05, 0) is 56.4 Å². The smallest absolute Gasteiger partial charge is 0.316 e. The molecule has 1 aromatic rings. The van der Waals surface area contributed by atoms with Gasteiger partial charge in [0.2, 0.25) is 0 Å². The Bertz CT molecular complexity index is 1220. The van der Waals surface area contributed by atoms with Gasteiger partial charge in [0.15, 0.2) is 0 Å². The molecule has 2 aliphatic rings. The fourth-order valence-electron chi connectivity index (χ4n) is 4.61. The molecule has 0 radical (unpaired) electrons. The van der Waals surface area contributed by atoms with Crippen LogP contribution in [0, 0.1) is 11.8 Å². The zero-order valence-electron chi connectivity index (χ0n) is 24.1. The number of thioether (sulfide) groups is 2. The maximum Gasteiger partial charge on any atom is 0.316 e. The number of carbonyl (C=O) groups is 1. The highest BCUT2D eigenvalue weighted by Crippen LogP contribution is 2.48. The zero-order chi connectivity index (χ0) is 29.4. The van der Waals surface area contributed by atoms with E-state index in [1.807, 2.05) is 31.2 Å². The van der Waals surface area contributed by atoms with Crippen molar-refractivity contribution in [2.75, 3.05) is 4.90 Å². The van der Waals surface area contributed by atoms with Crippen LogP contribution in [0.15, 0.2) is 75.6 Å². The van der Waals surface area contributed by atoms with E-state index < -0.39 is 20.4 Å². The standard InChI is InChI=1S/C30H41N2O4PS3/c1-7-20(3)19-25(36-37(34)35)23(6)32-29(33)27(40-30(32)38)17-11-9-10-12-18-28-31(22(5)21(4)8-2)24-15-13-14-16-26(24)39-28/h9-18,20-23,25,37H,7-8,19H2,1-6H3,(H,34,35)/b11-9+,12-10+,27-17-,28-18+. The molecular formula is C30H41N2O4PS3. The minimum absolute atomic E-state index is 0.205. The van der Waals surface area contributed by atoms with Crippen molar-refractivity contribution >= 4 is 59.9 Å². The van der Waals surface area contributed by atoms with Gasteiger partial charge >= 0.3 is 8.25 Å². The van der Waals surface area contributed by atoms with Crippen LogP contribution in [0.25, 0.3) is 0 Å². The van der Waals surface area contributed by atoms with Crippen LogP contribution < -0.4 is 4.90 Å². The monoisotopic (exact) mass is 620 g/mol. The second-order valence-electron chi connectivity index (χ2n) is 10.3. The van der Waals surface area contributed by atoms with E-state index in [4.69, 9.17) is 16.7 Å². The number of anilines is 1. The van der Waals surface area contributed by atoms with E-state index in [-0.39, 0.29) is 11.8 Å². The van der Waals surface area contributed by atoms with Crippen molar-refractivity contribution in [3.63, 3.8) is 0 Å². The topological polar surface area (TPSA) is 70.1 Å². The number of rotatable bonds is 13. The van der Waals surface area contributed by atoms with Gasteiger partial charge < -0.3 is 14.3 Å². The third-order valence-electron chi connectivity index (χ3n) is 7.62. The number of amides is 1. The molecule has 1 aromatic carbocycles. The lowest BCUT2D eigenvalue weighted by atomic mass is 9.97. The summed E-state index contributed by atoms with van der Waals surface area (Å²) < 4.78 is 17.3. The highest BCUT2D eigenvalue weighted by Gasteiger charge is 2.39. The summed E-state index contributed by atoms with van der Waals surface area (Å²) >= 11 is 8.53. The fraction of sp³-hybridized carbons (Fsp3) is 0.467. The van der Waals surface area contributed by atoms with E-state index in [1.165, 1.54) is 32.3 Å². The molecule has 0 saturated carbocycles. The quantitative estimate of drug-likeness (QED) is 0.102. The summed E-state index contributed by atoms with van der Waals surface area (Å²) in [5.74, 6) is 0.641. The van der Waals surface area contributed by atoms with E-state index in [0.717, 1.165) is 12.8 Å². The molecule has 6 unspecified atom stereocenters. The summed E-state index contributed by atoms with van der Waals surface area (Å²) in [6.07, 6.45) is 13.6. The normalized spacial score (nSPS) is 22.5. The molecule has 0 bridgehead atoms. The molecule has 0 aliphatic carbocycles. The molecule has 10 heteroatoms. The third-order valence-corrected chi connectivity index (χ3v) is 10.6. The van der Waals surface area contributed by atoms with Crippen molar-refractivity contribution in [1.82, 2.24) is 4.90 Å². The van der Waals surface area contributed by atoms with E-state index >= 15 is 0 Å². The SMILES string of the molecule is CCC(C)CC(O[PH](=O)O)C(C)N1C(=O)/C(=C/C=C/C=C/C=C2/Sc3ccccc3N2C(C)C(C)CC)SC1=S. The predicted octanol–water partition coefficient (Wildman–Crippen LogP) is 8.32. The van der Waals surface area contributed by atoms with Gasteiger partial charge in [0, 0.05) is 10.9 Å². The van der Waals surface area contributed by atoms with Crippen LogP contribution in [0.2, 0.25) is 0 Å². The lowest BCUT2D eigenvalue weighted by Gasteiger charge is -2.32. The molecule has 1 saturated heterocycles. The Morgan fingerprint density at radius 3 is 2.30 bits per heavy atom. The molecule has 3 rings (SSSR count). The number of para-hydroxylation sites is 1. The molecule has 1 fully saturated rings. The van der Waals surface area contributed by atoms with Crippen molar-refractivity contribution < 1.29 is 18.8 Å². The molecule has 1 N–H and O–H groups in total. The molecular weight excluding hydrogens is 580 g/mol. The van der Waals surface area contributed by atoms with Crippen LogP contribution in [0.4, 0.5) is 5.69 Å². The Labute approximate surface area is 253 Å². The van der Waals surface area contributed by atoms with Crippen LogP contribution in [-0.2, 0) is 13.9 Å². The second kappa shape index (κ2) is 15.6. The van der Waals surface area contributed by atoms with Crippen molar-refractivity contribution in [1.29, 1.82) is 0 Å². The lowest BCUT2D eigenvalue weighted by molar-refractivity contribution is -0.125. The Kier molecular flexibility index (Phi) is 12.8. The van der Waals surface area contributed by atoms with Gasteiger partial charge in [-0.15, -0.1) is 0 Å². The Morgan fingerprint density at radius 2 is 1.65 bits per heavy atom. The minimum Gasteiger partial charge on any atom is -0.332 e. The molecule has 0 aromatic heterocycles. The zero-order valence-corrected chi connectivity index (χ0v) is 27.5. The van der Waals surface area contributed by atoms with E-state index in [2.05, 4.69) is 69.9 Å². The summed E-state index contributed by atoms with van der Waals surface area (Å²) in [5.41, 5.74) is 1.26. The lowest BCUT2D eigenvalue weighted by Crippen LogP contribution is -2.45. The maximum atomic E-state index is 13.2. The summed E-state index contributed by atoms with van der Waals surface area (Å²) in [6.45, 7) is 12.8. The van der Waals surface area contributed by atoms with Gasteiger partial charge in [-0.3, -0.25) is 14.3 Å². The van der Waals surface area contributed by atoms with Crippen LogP contribution in [0.3, 0.4) is 0 Å². The number of allylic oxidation sites excluding steroid dienone is 6. The molecule has 218 valence electrons. The average Bonchev–Trinajstić information content (AvgIpc) is 3.44. The first-order valence-electron chi connectivity index (χ1n) is 13.8. The van der Waals surface area contributed by atoms with Crippen molar-refractivity contribution in [2.24, 2.45) is 11.8 Å². The van der Waals surface area contributed by atoms with Crippen LogP contribution in [-0.4, -0.2) is 38.2 Å². The predicted molar refractivity (Wildman–Crippen MR) is 175 cm³/mol. The van der Waals surface area contributed by atoms with Crippen LogP contribution >= 0.6 is 44.0 Å². The fourth-order valence-corrected chi connectivity index (χ4v) is 7.70. The number of hydrogen-bond donors (Lipinski definition) is 1. The minimum atomic E-state index is -3.15. The molecule has 6 atom stereocenters. The second-order valence-corrected chi connectivity index (χ2v) is 13.8.